The lowest BCUT2D eigenvalue weighted by Crippen LogP contribution is -2.31. The predicted octanol–water partition coefficient (Wildman–Crippen LogP) is 2.07. The highest BCUT2D eigenvalue weighted by atomic mass is 16.5. The zero-order valence-corrected chi connectivity index (χ0v) is 10.8. The maximum Gasteiger partial charge on any atom is 0.0637 e. The molecule has 0 unspecified atom stereocenters. The van der Waals surface area contributed by atoms with Crippen molar-refractivity contribution in [3.8, 4) is 0 Å². The van der Waals surface area contributed by atoms with Crippen LogP contribution in [-0.2, 0) is 11.3 Å². The highest BCUT2D eigenvalue weighted by molar-refractivity contribution is 5.60. The average Bonchev–Trinajstić information content (AvgIpc) is 3.15. The molecule has 0 atom stereocenters. The Labute approximate surface area is 104 Å². The van der Waals surface area contributed by atoms with Gasteiger partial charge < -0.3 is 15.4 Å². The van der Waals surface area contributed by atoms with Gasteiger partial charge in [0.2, 0.25) is 0 Å². The second-order valence-electron chi connectivity index (χ2n) is 4.70. The van der Waals surface area contributed by atoms with Gasteiger partial charge in [-0.2, -0.15) is 0 Å². The molecule has 3 nitrogen and oxygen atoms in total. The van der Waals surface area contributed by atoms with E-state index in [9.17, 15) is 0 Å². The molecule has 1 fully saturated rings. The van der Waals surface area contributed by atoms with Crippen molar-refractivity contribution in [2.24, 2.45) is 5.73 Å². The normalized spacial score (nSPS) is 15.0. The summed E-state index contributed by atoms with van der Waals surface area (Å²) in [4.78, 5) is 2.47. The number of nitrogens with zero attached hydrogens (tertiary/aromatic N) is 1. The molecule has 3 heteroatoms. The zero-order chi connectivity index (χ0) is 12.3. The molecule has 0 aliphatic heterocycles. The lowest BCUT2D eigenvalue weighted by molar-refractivity contribution is 0.205. The predicted molar refractivity (Wildman–Crippen MR) is 71.3 cm³/mol. The number of anilines is 1. The van der Waals surface area contributed by atoms with Crippen LogP contribution in [0.4, 0.5) is 5.69 Å². The summed E-state index contributed by atoms with van der Waals surface area (Å²) in [7, 11) is 1.76. The number of methoxy groups -OCH3 is 1. The number of aryl methyl sites for hydroxylation is 1. The smallest absolute Gasteiger partial charge is 0.0637 e. The van der Waals surface area contributed by atoms with E-state index in [1.54, 1.807) is 7.11 Å². The van der Waals surface area contributed by atoms with Crippen molar-refractivity contribution < 1.29 is 4.74 Å². The number of rotatable bonds is 6. The number of hydrogen-bond acceptors (Lipinski definition) is 3. The lowest BCUT2D eigenvalue weighted by atomic mass is 10.1. The summed E-state index contributed by atoms with van der Waals surface area (Å²) in [6, 6.07) is 7.07. The second-order valence-corrected chi connectivity index (χ2v) is 4.70. The Kier molecular flexibility index (Phi) is 4.02. The van der Waals surface area contributed by atoms with E-state index in [0.29, 0.717) is 12.6 Å². The Bertz CT molecular complexity index is 374. The van der Waals surface area contributed by atoms with E-state index in [2.05, 4.69) is 30.0 Å². The zero-order valence-electron chi connectivity index (χ0n) is 10.8. The van der Waals surface area contributed by atoms with Gasteiger partial charge >= 0.3 is 0 Å². The fraction of sp³-hybridized carbons (Fsp3) is 0.571. The summed E-state index contributed by atoms with van der Waals surface area (Å²) >= 11 is 0. The van der Waals surface area contributed by atoms with Crippen molar-refractivity contribution >= 4 is 5.69 Å². The Morgan fingerprint density at radius 2 is 2.18 bits per heavy atom. The van der Waals surface area contributed by atoms with Gasteiger partial charge in [0.1, 0.15) is 0 Å². The van der Waals surface area contributed by atoms with Gasteiger partial charge in [0, 0.05) is 31.9 Å². The minimum atomic E-state index is 0.604. The van der Waals surface area contributed by atoms with Gasteiger partial charge in [-0.25, -0.2) is 0 Å². The summed E-state index contributed by atoms with van der Waals surface area (Å²) in [6.07, 6.45) is 2.59. The second kappa shape index (κ2) is 5.52. The van der Waals surface area contributed by atoms with Crippen molar-refractivity contribution in [1.29, 1.82) is 0 Å². The maximum atomic E-state index is 5.85. The van der Waals surface area contributed by atoms with E-state index in [1.807, 2.05) is 0 Å². The summed E-state index contributed by atoms with van der Waals surface area (Å²) in [6.45, 7) is 4.50. The van der Waals surface area contributed by atoms with E-state index in [0.717, 1.165) is 13.2 Å². The van der Waals surface area contributed by atoms with Crippen LogP contribution in [0.15, 0.2) is 18.2 Å². The molecule has 2 N–H and O–H groups in total. The number of ether oxygens (including phenoxy) is 1. The van der Waals surface area contributed by atoms with Crippen LogP contribution in [0.1, 0.15) is 24.0 Å². The first kappa shape index (κ1) is 12.4. The fourth-order valence-electron chi connectivity index (χ4n) is 2.35. The van der Waals surface area contributed by atoms with Crippen molar-refractivity contribution in [3.63, 3.8) is 0 Å². The van der Waals surface area contributed by atoms with E-state index in [4.69, 9.17) is 10.5 Å². The average molecular weight is 234 g/mol. The van der Waals surface area contributed by atoms with Crippen LogP contribution in [0.25, 0.3) is 0 Å². The van der Waals surface area contributed by atoms with Crippen LogP contribution in [0.5, 0.6) is 0 Å². The first-order valence-corrected chi connectivity index (χ1v) is 6.32. The summed E-state index contributed by atoms with van der Waals surface area (Å²) in [5, 5.41) is 0. The first-order valence-electron chi connectivity index (χ1n) is 6.32. The number of nitrogens with two attached hydrogens (primary N) is 1. The lowest BCUT2D eigenvalue weighted by Gasteiger charge is -2.28. The van der Waals surface area contributed by atoms with Crippen molar-refractivity contribution in [2.45, 2.75) is 32.4 Å². The Balaban J connectivity index is 2.27. The largest absolute Gasteiger partial charge is 0.383 e. The summed E-state index contributed by atoms with van der Waals surface area (Å²) in [5.41, 5.74) is 9.74. The standard InChI is InChI=1S/C14H22N2O/c1-11-4-3-5-12(10-15)14(11)16(8-9-17-2)13-6-7-13/h3-5,13H,6-10,15H2,1-2H3. The number of para-hydroxylation sites is 1. The fourth-order valence-corrected chi connectivity index (χ4v) is 2.35. The Hall–Kier alpha value is -1.06. The molecule has 1 aromatic carbocycles. The van der Waals surface area contributed by atoms with Crippen LogP contribution in [0.2, 0.25) is 0 Å². The van der Waals surface area contributed by atoms with Crippen LogP contribution in [-0.4, -0.2) is 26.3 Å². The van der Waals surface area contributed by atoms with E-state index < -0.39 is 0 Å². The highest BCUT2D eigenvalue weighted by Crippen LogP contribution is 2.35. The van der Waals surface area contributed by atoms with Gasteiger partial charge in [-0.15, -0.1) is 0 Å². The molecule has 0 amide bonds. The molecule has 1 aliphatic carbocycles. The highest BCUT2D eigenvalue weighted by Gasteiger charge is 2.30. The topological polar surface area (TPSA) is 38.5 Å². The molecule has 94 valence electrons. The minimum absolute atomic E-state index is 0.604. The molecule has 0 aromatic heterocycles. The van der Waals surface area contributed by atoms with E-state index in [-0.39, 0.29) is 0 Å². The SMILES string of the molecule is COCCN(c1c(C)cccc1CN)C1CC1. The van der Waals surface area contributed by atoms with Crippen LogP contribution >= 0.6 is 0 Å². The Morgan fingerprint density at radius 1 is 1.41 bits per heavy atom. The van der Waals surface area contributed by atoms with Gasteiger partial charge in [0.05, 0.1) is 6.61 Å². The number of benzene rings is 1. The van der Waals surface area contributed by atoms with E-state index in [1.165, 1.54) is 29.7 Å². The quantitative estimate of drug-likeness (QED) is 0.819. The molecule has 17 heavy (non-hydrogen) atoms. The van der Waals surface area contributed by atoms with Gasteiger partial charge in [0.15, 0.2) is 0 Å². The van der Waals surface area contributed by atoms with Crippen molar-refractivity contribution in [1.82, 2.24) is 0 Å². The Morgan fingerprint density at radius 3 is 2.76 bits per heavy atom. The molecule has 0 radical (unpaired) electrons. The van der Waals surface area contributed by atoms with Gasteiger partial charge in [-0.3, -0.25) is 0 Å². The summed E-state index contributed by atoms with van der Waals surface area (Å²) < 4.78 is 5.21. The molecular formula is C14H22N2O. The molecule has 0 bridgehead atoms. The van der Waals surface area contributed by atoms with Gasteiger partial charge in [-0.1, -0.05) is 18.2 Å². The van der Waals surface area contributed by atoms with Gasteiger partial charge in [-0.05, 0) is 30.9 Å². The van der Waals surface area contributed by atoms with Crippen LogP contribution in [0.3, 0.4) is 0 Å². The van der Waals surface area contributed by atoms with Crippen LogP contribution in [0, 0.1) is 6.92 Å². The van der Waals surface area contributed by atoms with Gasteiger partial charge in [0.25, 0.3) is 0 Å². The molecule has 2 rings (SSSR count). The summed E-state index contributed by atoms with van der Waals surface area (Å²) in [5.74, 6) is 0. The maximum absolute atomic E-state index is 5.85. The van der Waals surface area contributed by atoms with E-state index >= 15 is 0 Å². The molecule has 1 aliphatic rings. The third-order valence-corrected chi connectivity index (χ3v) is 3.35. The van der Waals surface area contributed by atoms with Crippen molar-refractivity contribution in [3.05, 3.63) is 29.3 Å². The molecule has 0 heterocycles. The minimum Gasteiger partial charge on any atom is -0.383 e. The first-order chi connectivity index (χ1) is 8.27. The molecular weight excluding hydrogens is 212 g/mol. The molecule has 0 saturated heterocycles. The third-order valence-electron chi connectivity index (χ3n) is 3.35. The van der Waals surface area contributed by atoms with Crippen molar-refractivity contribution in [2.75, 3.05) is 25.2 Å². The molecule has 1 saturated carbocycles. The van der Waals surface area contributed by atoms with Crippen LogP contribution < -0.4 is 10.6 Å². The third kappa shape index (κ3) is 2.79. The number of hydrogen-bond donors (Lipinski definition) is 1. The monoisotopic (exact) mass is 234 g/mol. The molecule has 0 spiro atoms. The molecule has 1 aromatic rings.